The third-order valence-corrected chi connectivity index (χ3v) is 5.78. The lowest BCUT2D eigenvalue weighted by Gasteiger charge is -2.09. The highest BCUT2D eigenvalue weighted by molar-refractivity contribution is 7.13. The number of carbonyl (C=O) groups excluding carboxylic acids is 1. The molecule has 4 rings (SSSR count). The van der Waals surface area contributed by atoms with Gasteiger partial charge in [-0.05, 0) is 42.0 Å². The zero-order chi connectivity index (χ0) is 22.5. The normalized spacial score (nSPS) is 10.7. The molecule has 1 amide bonds. The minimum absolute atomic E-state index is 0.136. The molecule has 0 saturated heterocycles. The van der Waals surface area contributed by atoms with Gasteiger partial charge < -0.3 is 10.1 Å². The summed E-state index contributed by atoms with van der Waals surface area (Å²) in [7, 11) is 0. The maximum Gasteiger partial charge on any atom is 0.271 e. The molecular weight excluding hydrogens is 456 g/mol. The summed E-state index contributed by atoms with van der Waals surface area (Å²) >= 11 is 7.14. The van der Waals surface area contributed by atoms with E-state index >= 15 is 0 Å². The average Bonchev–Trinajstić information content (AvgIpc) is 3.28. The molecule has 0 aliphatic heterocycles. The monoisotopic (exact) mass is 471 g/mol. The van der Waals surface area contributed by atoms with Gasteiger partial charge >= 0.3 is 0 Å². The topological polar surface area (TPSA) is 64.1 Å². The molecule has 0 spiro atoms. The first-order valence-corrected chi connectivity index (χ1v) is 10.8. The molecule has 5 nitrogen and oxygen atoms in total. The van der Waals surface area contributed by atoms with Crippen LogP contribution in [0.25, 0.3) is 10.6 Å². The summed E-state index contributed by atoms with van der Waals surface area (Å²) in [5.41, 5.74) is 1.54. The molecule has 0 bridgehead atoms. The molecule has 2 aromatic heterocycles. The van der Waals surface area contributed by atoms with Crippen molar-refractivity contribution in [3.63, 3.8) is 0 Å². The molecule has 2 aromatic carbocycles. The van der Waals surface area contributed by atoms with Gasteiger partial charge in [-0.2, -0.15) is 0 Å². The summed E-state index contributed by atoms with van der Waals surface area (Å²) < 4.78 is 34.0. The van der Waals surface area contributed by atoms with E-state index in [4.69, 9.17) is 16.3 Å². The summed E-state index contributed by atoms with van der Waals surface area (Å²) in [6.07, 6.45) is 3.28. The Bertz CT molecular complexity index is 1230. The molecule has 0 fully saturated rings. The molecule has 4 aromatic rings. The smallest absolute Gasteiger partial charge is 0.271 e. The number of benzene rings is 2. The van der Waals surface area contributed by atoms with Crippen molar-refractivity contribution in [2.45, 2.75) is 13.2 Å². The molecule has 0 radical (unpaired) electrons. The summed E-state index contributed by atoms with van der Waals surface area (Å²) in [5, 5.41) is 4.94. The van der Waals surface area contributed by atoms with E-state index in [1.54, 1.807) is 42.0 Å². The highest BCUT2D eigenvalue weighted by atomic mass is 35.5. The highest BCUT2D eigenvalue weighted by Gasteiger charge is 2.15. The van der Waals surface area contributed by atoms with Gasteiger partial charge in [-0.25, -0.2) is 13.8 Å². The van der Waals surface area contributed by atoms with Crippen LogP contribution in [-0.2, 0) is 13.2 Å². The Morgan fingerprint density at radius 3 is 2.66 bits per heavy atom. The third kappa shape index (κ3) is 5.09. The molecular formula is C23H16ClF2N3O2S. The third-order valence-electron chi connectivity index (χ3n) is 4.56. The summed E-state index contributed by atoms with van der Waals surface area (Å²) in [4.78, 5) is 20.5. The molecule has 0 unspecified atom stereocenters. The van der Waals surface area contributed by atoms with Crippen molar-refractivity contribution in [2.24, 2.45) is 0 Å². The van der Waals surface area contributed by atoms with E-state index in [1.165, 1.54) is 24.3 Å². The second-order valence-corrected chi connectivity index (χ2v) is 7.97. The Morgan fingerprint density at radius 2 is 1.91 bits per heavy atom. The number of amides is 1. The molecule has 2 heterocycles. The fourth-order valence-electron chi connectivity index (χ4n) is 2.86. The predicted octanol–water partition coefficient (Wildman–Crippen LogP) is 5.65. The Hall–Kier alpha value is -3.36. The number of nitrogens with zero attached hydrogens (tertiary/aromatic N) is 2. The minimum atomic E-state index is -0.569. The van der Waals surface area contributed by atoms with Crippen LogP contribution in [0.2, 0.25) is 5.02 Å². The van der Waals surface area contributed by atoms with E-state index in [-0.39, 0.29) is 40.1 Å². The second kappa shape index (κ2) is 9.84. The largest absolute Gasteiger partial charge is 0.489 e. The summed E-state index contributed by atoms with van der Waals surface area (Å²) in [5.74, 6) is -1.20. The van der Waals surface area contributed by atoms with Gasteiger partial charge in [0.05, 0.1) is 5.02 Å². The van der Waals surface area contributed by atoms with E-state index in [9.17, 15) is 13.6 Å². The van der Waals surface area contributed by atoms with Gasteiger partial charge in [0.15, 0.2) is 0 Å². The Balaban J connectivity index is 1.42. The van der Waals surface area contributed by atoms with Crippen LogP contribution in [-0.4, -0.2) is 15.9 Å². The number of rotatable bonds is 7. The van der Waals surface area contributed by atoms with Crippen LogP contribution in [0.1, 0.15) is 21.6 Å². The first kappa shape index (κ1) is 21.9. The fourth-order valence-corrected chi connectivity index (χ4v) is 3.90. The second-order valence-electron chi connectivity index (χ2n) is 6.71. The van der Waals surface area contributed by atoms with Crippen molar-refractivity contribution < 1.29 is 18.3 Å². The molecule has 162 valence electrons. The van der Waals surface area contributed by atoms with Crippen LogP contribution in [0.4, 0.5) is 8.78 Å². The van der Waals surface area contributed by atoms with Gasteiger partial charge in [0.1, 0.15) is 34.7 Å². The van der Waals surface area contributed by atoms with Gasteiger partial charge in [0.2, 0.25) is 0 Å². The maximum absolute atomic E-state index is 14.7. The van der Waals surface area contributed by atoms with Gasteiger partial charge in [0.25, 0.3) is 5.91 Å². The van der Waals surface area contributed by atoms with Crippen molar-refractivity contribution in [3.8, 4) is 16.3 Å². The molecule has 32 heavy (non-hydrogen) atoms. The number of thiazole rings is 1. The van der Waals surface area contributed by atoms with E-state index in [0.717, 1.165) is 16.9 Å². The Kier molecular flexibility index (Phi) is 6.72. The molecule has 0 atom stereocenters. The van der Waals surface area contributed by atoms with Crippen LogP contribution in [0.3, 0.4) is 0 Å². The molecule has 1 N–H and O–H groups in total. The van der Waals surface area contributed by atoms with Crippen molar-refractivity contribution in [1.82, 2.24) is 15.3 Å². The number of halogens is 3. The van der Waals surface area contributed by atoms with Crippen LogP contribution in [0.15, 0.2) is 66.3 Å². The van der Waals surface area contributed by atoms with Crippen LogP contribution >= 0.6 is 22.9 Å². The standard InChI is InChI=1S/C23H16ClF2N3O2S/c24-18-2-1-3-19(25)17(18)12-31-15-4-5-16(20(26)10-15)23-29-21(13-32-23)22(30)28-11-14-6-8-27-9-7-14/h1-10,13H,11-12H2,(H,28,30). The van der Waals surface area contributed by atoms with Gasteiger partial charge in [-0.1, -0.05) is 17.7 Å². The predicted molar refractivity (Wildman–Crippen MR) is 119 cm³/mol. The summed E-state index contributed by atoms with van der Waals surface area (Å²) in [6.45, 7) is 0.198. The van der Waals surface area contributed by atoms with Gasteiger partial charge in [-0.3, -0.25) is 9.78 Å². The van der Waals surface area contributed by atoms with Gasteiger partial charge in [0, 0.05) is 41.5 Å². The molecule has 9 heteroatoms. The first-order chi connectivity index (χ1) is 15.5. The zero-order valence-corrected chi connectivity index (χ0v) is 18.1. The van der Waals surface area contributed by atoms with Crippen molar-refractivity contribution in [2.75, 3.05) is 0 Å². The minimum Gasteiger partial charge on any atom is -0.489 e. The summed E-state index contributed by atoms with van der Waals surface area (Å²) in [6, 6.07) is 12.2. The van der Waals surface area contributed by atoms with Crippen LogP contribution < -0.4 is 10.1 Å². The first-order valence-electron chi connectivity index (χ1n) is 9.49. The van der Waals surface area contributed by atoms with E-state index in [0.29, 0.717) is 11.6 Å². The fraction of sp³-hybridized carbons (Fsp3) is 0.0870. The maximum atomic E-state index is 14.7. The number of nitrogens with one attached hydrogen (secondary N) is 1. The van der Waals surface area contributed by atoms with E-state index < -0.39 is 11.6 Å². The molecule has 0 saturated carbocycles. The number of pyridine rings is 1. The number of hydrogen-bond donors (Lipinski definition) is 1. The Morgan fingerprint density at radius 1 is 1.09 bits per heavy atom. The van der Waals surface area contributed by atoms with E-state index in [1.807, 2.05) is 0 Å². The van der Waals surface area contributed by atoms with Crippen molar-refractivity contribution >= 4 is 28.8 Å². The Labute approximate surface area is 191 Å². The lowest BCUT2D eigenvalue weighted by atomic mass is 10.2. The van der Waals surface area contributed by atoms with Crippen molar-refractivity contribution in [1.29, 1.82) is 0 Å². The molecule has 0 aliphatic rings. The van der Waals surface area contributed by atoms with Crippen LogP contribution in [0.5, 0.6) is 5.75 Å². The average molecular weight is 472 g/mol. The quantitative estimate of drug-likeness (QED) is 0.378. The number of aromatic nitrogens is 2. The number of hydrogen-bond acceptors (Lipinski definition) is 5. The zero-order valence-electron chi connectivity index (χ0n) is 16.5. The lowest BCUT2D eigenvalue weighted by Crippen LogP contribution is -2.23. The SMILES string of the molecule is O=C(NCc1ccncc1)c1csc(-c2ccc(OCc3c(F)cccc3Cl)cc2F)n1. The molecule has 0 aliphatic carbocycles. The lowest BCUT2D eigenvalue weighted by molar-refractivity contribution is 0.0946. The van der Waals surface area contributed by atoms with E-state index in [2.05, 4.69) is 15.3 Å². The van der Waals surface area contributed by atoms with Crippen molar-refractivity contribution in [3.05, 3.63) is 99.8 Å². The number of carbonyl (C=O) groups is 1. The van der Waals surface area contributed by atoms with Gasteiger partial charge in [-0.15, -0.1) is 11.3 Å². The number of ether oxygens (including phenoxy) is 1. The highest BCUT2D eigenvalue weighted by Crippen LogP contribution is 2.30. The van der Waals surface area contributed by atoms with Crippen LogP contribution in [0, 0.1) is 11.6 Å².